The molecule has 19 heavy (non-hydrogen) atoms. The van der Waals surface area contributed by atoms with Crippen molar-refractivity contribution in [2.24, 2.45) is 23.5 Å². The molecule has 1 aromatic rings. The SMILES string of the molecule is NCc1cccnc1OC12CC3CC(CC(C3)C1)C2. The van der Waals surface area contributed by atoms with Gasteiger partial charge in [-0.2, -0.15) is 0 Å². The summed E-state index contributed by atoms with van der Waals surface area (Å²) in [5, 5.41) is 0. The molecular formula is C16H22N2O. The van der Waals surface area contributed by atoms with Gasteiger partial charge in [0.2, 0.25) is 5.88 Å². The van der Waals surface area contributed by atoms with Crippen molar-refractivity contribution in [3.63, 3.8) is 0 Å². The van der Waals surface area contributed by atoms with Crippen molar-refractivity contribution in [3.8, 4) is 5.88 Å². The number of ether oxygens (including phenoxy) is 1. The lowest BCUT2D eigenvalue weighted by atomic mass is 9.54. The van der Waals surface area contributed by atoms with E-state index < -0.39 is 0 Å². The van der Waals surface area contributed by atoms with Crippen LogP contribution in [0.3, 0.4) is 0 Å². The lowest BCUT2D eigenvalue weighted by Crippen LogP contribution is -2.53. The molecule has 0 aromatic carbocycles. The molecule has 1 aromatic heterocycles. The van der Waals surface area contributed by atoms with Gasteiger partial charge >= 0.3 is 0 Å². The first-order valence-electron chi connectivity index (χ1n) is 7.59. The Balaban J connectivity index is 1.62. The Morgan fingerprint density at radius 1 is 1.16 bits per heavy atom. The van der Waals surface area contributed by atoms with E-state index in [4.69, 9.17) is 10.5 Å². The monoisotopic (exact) mass is 258 g/mol. The summed E-state index contributed by atoms with van der Waals surface area (Å²) >= 11 is 0. The molecule has 102 valence electrons. The van der Waals surface area contributed by atoms with E-state index in [2.05, 4.69) is 4.98 Å². The zero-order valence-electron chi connectivity index (χ0n) is 11.3. The summed E-state index contributed by atoms with van der Waals surface area (Å²) in [6, 6.07) is 3.97. The van der Waals surface area contributed by atoms with E-state index >= 15 is 0 Å². The predicted octanol–water partition coefficient (Wildman–Crippen LogP) is 2.89. The molecule has 4 aliphatic carbocycles. The average Bonchev–Trinajstić information content (AvgIpc) is 2.37. The fourth-order valence-electron chi connectivity index (χ4n) is 5.03. The molecule has 1 heterocycles. The van der Waals surface area contributed by atoms with Crippen LogP contribution in [0.5, 0.6) is 5.88 Å². The van der Waals surface area contributed by atoms with Crippen LogP contribution in [0.2, 0.25) is 0 Å². The zero-order chi connectivity index (χ0) is 12.9. The fraction of sp³-hybridized carbons (Fsp3) is 0.688. The molecule has 0 spiro atoms. The Kier molecular flexibility index (Phi) is 2.59. The number of nitrogens with two attached hydrogens (primary N) is 1. The Labute approximate surface area is 114 Å². The fourth-order valence-corrected chi connectivity index (χ4v) is 5.03. The summed E-state index contributed by atoms with van der Waals surface area (Å²) in [6.07, 6.45) is 9.84. The highest BCUT2D eigenvalue weighted by Crippen LogP contribution is 2.57. The normalized spacial score (nSPS) is 39.5. The molecule has 0 amide bonds. The second-order valence-corrected chi connectivity index (χ2v) is 6.87. The standard InChI is InChI=1S/C16H22N2O/c17-10-14-2-1-3-18-15(14)19-16-7-11-4-12(8-16)6-13(5-11)9-16/h1-3,11-13H,4-10,17H2. The van der Waals surface area contributed by atoms with Gasteiger partial charge in [0.1, 0.15) is 5.60 Å². The predicted molar refractivity (Wildman–Crippen MR) is 73.7 cm³/mol. The van der Waals surface area contributed by atoms with Crippen LogP contribution in [0.15, 0.2) is 18.3 Å². The first-order chi connectivity index (χ1) is 9.26. The van der Waals surface area contributed by atoms with Gasteiger partial charge in [0.25, 0.3) is 0 Å². The number of rotatable bonds is 3. The van der Waals surface area contributed by atoms with Crippen LogP contribution in [0.25, 0.3) is 0 Å². The van der Waals surface area contributed by atoms with E-state index in [0.717, 1.165) is 29.2 Å². The topological polar surface area (TPSA) is 48.1 Å². The van der Waals surface area contributed by atoms with Crippen molar-refractivity contribution >= 4 is 0 Å². The third-order valence-electron chi connectivity index (χ3n) is 5.37. The lowest BCUT2D eigenvalue weighted by molar-refractivity contribution is -0.109. The molecule has 0 atom stereocenters. The highest BCUT2D eigenvalue weighted by atomic mass is 16.5. The quantitative estimate of drug-likeness (QED) is 0.907. The Morgan fingerprint density at radius 3 is 2.37 bits per heavy atom. The summed E-state index contributed by atoms with van der Waals surface area (Å²) in [5.41, 5.74) is 6.91. The molecule has 3 heteroatoms. The highest BCUT2D eigenvalue weighted by molar-refractivity contribution is 5.26. The summed E-state index contributed by atoms with van der Waals surface area (Å²) in [6.45, 7) is 0.509. The molecular weight excluding hydrogens is 236 g/mol. The maximum absolute atomic E-state index is 6.45. The molecule has 4 fully saturated rings. The van der Waals surface area contributed by atoms with E-state index in [9.17, 15) is 0 Å². The zero-order valence-corrected chi connectivity index (χ0v) is 11.3. The van der Waals surface area contributed by atoms with E-state index in [1.807, 2.05) is 18.3 Å². The first-order valence-corrected chi connectivity index (χ1v) is 7.59. The molecule has 0 aliphatic heterocycles. The van der Waals surface area contributed by atoms with Crippen molar-refractivity contribution in [1.82, 2.24) is 4.98 Å². The second kappa shape index (κ2) is 4.20. The largest absolute Gasteiger partial charge is 0.471 e. The molecule has 0 unspecified atom stereocenters. The number of pyridine rings is 1. The van der Waals surface area contributed by atoms with Gasteiger partial charge in [-0.3, -0.25) is 0 Å². The van der Waals surface area contributed by atoms with Crippen LogP contribution in [0.1, 0.15) is 44.1 Å². The van der Waals surface area contributed by atoms with Crippen LogP contribution in [0, 0.1) is 17.8 Å². The van der Waals surface area contributed by atoms with Gasteiger partial charge in [-0.15, -0.1) is 0 Å². The molecule has 4 bridgehead atoms. The van der Waals surface area contributed by atoms with Crippen LogP contribution < -0.4 is 10.5 Å². The van der Waals surface area contributed by atoms with Crippen molar-refractivity contribution in [2.75, 3.05) is 0 Å². The smallest absolute Gasteiger partial charge is 0.218 e. The summed E-state index contributed by atoms with van der Waals surface area (Å²) in [7, 11) is 0. The van der Waals surface area contributed by atoms with Crippen molar-refractivity contribution in [3.05, 3.63) is 23.9 Å². The molecule has 0 radical (unpaired) electrons. The summed E-state index contributed by atoms with van der Waals surface area (Å²) in [4.78, 5) is 4.42. The Bertz CT molecular complexity index is 450. The van der Waals surface area contributed by atoms with Gasteiger partial charge in [-0.1, -0.05) is 6.07 Å². The van der Waals surface area contributed by atoms with Crippen molar-refractivity contribution < 1.29 is 4.74 Å². The van der Waals surface area contributed by atoms with Gasteiger partial charge < -0.3 is 10.5 Å². The molecule has 2 N–H and O–H groups in total. The number of hydrogen-bond acceptors (Lipinski definition) is 3. The van der Waals surface area contributed by atoms with E-state index in [-0.39, 0.29) is 5.60 Å². The Morgan fingerprint density at radius 2 is 1.79 bits per heavy atom. The molecule has 0 saturated heterocycles. The van der Waals surface area contributed by atoms with Crippen LogP contribution in [0.4, 0.5) is 0 Å². The second-order valence-electron chi connectivity index (χ2n) is 6.87. The minimum Gasteiger partial charge on any atom is -0.471 e. The minimum absolute atomic E-state index is 0.0764. The van der Waals surface area contributed by atoms with E-state index in [1.54, 1.807) is 0 Å². The number of aromatic nitrogens is 1. The maximum Gasteiger partial charge on any atom is 0.218 e. The van der Waals surface area contributed by atoms with Crippen LogP contribution in [-0.2, 0) is 6.54 Å². The summed E-state index contributed by atoms with van der Waals surface area (Å²) in [5.74, 6) is 3.48. The summed E-state index contributed by atoms with van der Waals surface area (Å²) < 4.78 is 6.45. The van der Waals surface area contributed by atoms with Crippen molar-refractivity contribution in [1.29, 1.82) is 0 Å². The van der Waals surface area contributed by atoms with Crippen molar-refractivity contribution in [2.45, 2.75) is 50.7 Å². The van der Waals surface area contributed by atoms with E-state index in [0.29, 0.717) is 6.54 Å². The number of hydrogen-bond donors (Lipinski definition) is 1. The highest BCUT2D eigenvalue weighted by Gasteiger charge is 2.52. The molecule has 5 rings (SSSR count). The molecule has 4 saturated carbocycles. The van der Waals surface area contributed by atoms with Gasteiger partial charge in [0.15, 0.2) is 0 Å². The van der Waals surface area contributed by atoms with Crippen LogP contribution in [-0.4, -0.2) is 10.6 Å². The minimum atomic E-state index is 0.0764. The number of nitrogens with zero attached hydrogens (tertiary/aromatic N) is 1. The first kappa shape index (κ1) is 11.7. The van der Waals surface area contributed by atoms with E-state index in [1.165, 1.54) is 38.5 Å². The maximum atomic E-state index is 6.45. The molecule has 4 aliphatic rings. The lowest BCUT2D eigenvalue weighted by Gasteiger charge is -2.56. The third kappa shape index (κ3) is 1.95. The van der Waals surface area contributed by atoms with Gasteiger partial charge in [0.05, 0.1) is 0 Å². The van der Waals surface area contributed by atoms with Gasteiger partial charge in [0, 0.05) is 18.3 Å². The Hall–Kier alpha value is -1.09. The molecule has 3 nitrogen and oxygen atoms in total. The third-order valence-corrected chi connectivity index (χ3v) is 5.37. The van der Waals surface area contributed by atoms with Gasteiger partial charge in [-0.25, -0.2) is 4.98 Å². The average molecular weight is 258 g/mol. The van der Waals surface area contributed by atoms with Gasteiger partial charge in [-0.05, 0) is 62.3 Å². The van der Waals surface area contributed by atoms with Crippen LogP contribution >= 0.6 is 0 Å².